The lowest BCUT2D eigenvalue weighted by atomic mass is 10.1. The molecule has 5 nitrogen and oxygen atoms in total. The molecule has 1 aliphatic heterocycles. The van der Waals surface area contributed by atoms with E-state index in [4.69, 9.17) is 14.2 Å². The van der Waals surface area contributed by atoms with Gasteiger partial charge in [-0.15, -0.1) is 0 Å². The number of carbonyl (C=O) groups is 1. The van der Waals surface area contributed by atoms with E-state index >= 15 is 0 Å². The topological polar surface area (TPSA) is 48.0 Å². The highest BCUT2D eigenvalue weighted by Gasteiger charge is 2.12. The molecule has 0 N–H and O–H groups in total. The van der Waals surface area contributed by atoms with Gasteiger partial charge in [-0.1, -0.05) is 0 Å². The molecule has 1 heterocycles. The molecular formula is C16H23NO4S. The molecule has 0 saturated carbocycles. The number of benzene rings is 1. The van der Waals surface area contributed by atoms with Crippen molar-refractivity contribution in [1.82, 2.24) is 4.90 Å². The third-order valence-corrected chi connectivity index (χ3v) is 4.53. The molecule has 0 aliphatic carbocycles. The van der Waals surface area contributed by atoms with Gasteiger partial charge in [-0.3, -0.25) is 9.69 Å². The number of methoxy groups -OCH3 is 2. The smallest absolute Gasteiger partial charge is 0.172 e. The number of morpholine rings is 1. The van der Waals surface area contributed by atoms with E-state index < -0.39 is 0 Å². The zero-order chi connectivity index (χ0) is 15.8. The molecule has 122 valence electrons. The van der Waals surface area contributed by atoms with Gasteiger partial charge in [-0.05, 0) is 18.2 Å². The maximum Gasteiger partial charge on any atom is 0.172 e. The number of ketones is 1. The van der Waals surface area contributed by atoms with Crippen LogP contribution in [0.1, 0.15) is 10.4 Å². The van der Waals surface area contributed by atoms with Gasteiger partial charge < -0.3 is 14.2 Å². The van der Waals surface area contributed by atoms with Gasteiger partial charge in [0.1, 0.15) is 0 Å². The Bertz CT molecular complexity index is 489. The summed E-state index contributed by atoms with van der Waals surface area (Å²) >= 11 is 1.67. The molecular weight excluding hydrogens is 302 g/mol. The minimum absolute atomic E-state index is 0.118. The largest absolute Gasteiger partial charge is 0.493 e. The highest BCUT2D eigenvalue weighted by atomic mass is 32.2. The van der Waals surface area contributed by atoms with Gasteiger partial charge in [-0.2, -0.15) is 11.8 Å². The summed E-state index contributed by atoms with van der Waals surface area (Å²) in [5.41, 5.74) is 0.663. The molecule has 1 fully saturated rings. The van der Waals surface area contributed by atoms with Crippen molar-refractivity contribution < 1.29 is 19.0 Å². The Balaban J connectivity index is 1.77. The van der Waals surface area contributed by atoms with Gasteiger partial charge in [0.25, 0.3) is 0 Å². The highest BCUT2D eigenvalue weighted by molar-refractivity contribution is 8.00. The van der Waals surface area contributed by atoms with E-state index in [2.05, 4.69) is 4.90 Å². The van der Waals surface area contributed by atoms with Crippen LogP contribution in [0.4, 0.5) is 0 Å². The number of hydrogen-bond donors (Lipinski definition) is 0. The molecule has 6 heteroatoms. The van der Waals surface area contributed by atoms with Crippen molar-refractivity contribution in [3.8, 4) is 11.5 Å². The summed E-state index contributed by atoms with van der Waals surface area (Å²) < 4.78 is 15.7. The predicted molar refractivity (Wildman–Crippen MR) is 88.5 cm³/mol. The first-order valence-electron chi connectivity index (χ1n) is 7.37. The summed E-state index contributed by atoms with van der Waals surface area (Å²) in [6.45, 7) is 4.62. The van der Waals surface area contributed by atoms with Crippen molar-refractivity contribution in [1.29, 1.82) is 0 Å². The van der Waals surface area contributed by atoms with Gasteiger partial charge in [0.05, 0.1) is 33.2 Å². The summed E-state index contributed by atoms with van der Waals surface area (Å²) in [6, 6.07) is 5.29. The van der Waals surface area contributed by atoms with E-state index in [0.29, 0.717) is 22.8 Å². The van der Waals surface area contributed by atoms with Gasteiger partial charge in [0.15, 0.2) is 17.3 Å². The van der Waals surface area contributed by atoms with Gasteiger partial charge >= 0.3 is 0 Å². The zero-order valence-corrected chi connectivity index (χ0v) is 14.0. The van der Waals surface area contributed by atoms with E-state index in [1.807, 2.05) is 0 Å². The van der Waals surface area contributed by atoms with Crippen molar-refractivity contribution in [2.45, 2.75) is 0 Å². The Morgan fingerprint density at radius 1 is 1.23 bits per heavy atom. The molecule has 0 amide bonds. The van der Waals surface area contributed by atoms with Crippen LogP contribution in [-0.4, -0.2) is 69.3 Å². The van der Waals surface area contributed by atoms with Gasteiger partial charge in [0.2, 0.25) is 0 Å². The molecule has 1 saturated heterocycles. The first-order chi connectivity index (χ1) is 10.7. The van der Waals surface area contributed by atoms with E-state index in [1.54, 1.807) is 44.2 Å². The SMILES string of the molecule is COc1ccc(C(=O)CSCCN2CCOCC2)cc1OC. The Labute approximate surface area is 135 Å². The molecule has 0 bridgehead atoms. The van der Waals surface area contributed by atoms with Crippen LogP contribution in [0, 0.1) is 0 Å². The van der Waals surface area contributed by atoms with Crippen LogP contribution >= 0.6 is 11.8 Å². The highest BCUT2D eigenvalue weighted by Crippen LogP contribution is 2.28. The molecule has 0 atom stereocenters. The molecule has 22 heavy (non-hydrogen) atoms. The lowest BCUT2D eigenvalue weighted by Gasteiger charge is -2.26. The van der Waals surface area contributed by atoms with E-state index in [1.165, 1.54) is 0 Å². The maximum absolute atomic E-state index is 12.2. The summed E-state index contributed by atoms with van der Waals surface area (Å²) in [5.74, 6) is 2.79. The van der Waals surface area contributed by atoms with E-state index in [9.17, 15) is 4.79 Å². The van der Waals surface area contributed by atoms with Crippen molar-refractivity contribution in [3.63, 3.8) is 0 Å². The Hall–Kier alpha value is -1.24. The predicted octanol–water partition coefficient (Wildman–Crippen LogP) is 1.95. The average Bonchev–Trinajstić information content (AvgIpc) is 2.58. The Kier molecular flexibility index (Phi) is 7.02. The van der Waals surface area contributed by atoms with Crippen LogP contribution in [0.3, 0.4) is 0 Å². The van der Waals surface area contributed by atoms with E-state index in [-0.39, 0.29) is 5.78 Å². The Morgan fingerprint density at radius 2 is 1.95 bits per heavy atom. The van der Waals surface area contributed by atoms with Crippen LogP contribution in [0.2, 0.25) is 0 Å². The fourth-order valence-corrected chi connectivity index (χ4v) is 3.16. The molecule has 0 radical (unpaired) electrons. The van der Waals surface area contributed by atoms with Crippen LogP contribution in [0.5, 0.6) is 11.5 Å². The third kappa shape index (κ3) is 4.90. The Morgan fingerprint density at radius 3 is 2.64 bits per heavy atom. The molecule has 0 aromatic heterocycles. The summed E-state index contributed by atoms with van der Waals surface area (Å²) in [6.07, 6.45) is 0. The monoisotopic (exact) mass is 325 g/mol. The van der Waals surface area contributed by atoms with Crippen molar-refractivity contribution in [3.05, 3.63) is 23.8 Å². The van der Waals surface area contributed by atoms with Crippen LogP contribution in [0.25, 0.3) is 0 Å². The van der Waals surface area contributed by atoms with E-state index in [0.717, 1.165) is 38.6 Å². The minimum Gasteiger partial charge on any atom is -0.493 e. The number of ether oxygens (including phenoxy) is 3. The second-order valence-electron chi connectivity index (χ2n) is 5.00. The van der Waals surface area contributed by atoms with Crippen molar-refractivity contribution >= 4 is 17.5 Å². The number of nitrogens with zero attached hydrogens (tertiary/aromatic N) is 1. The third-order valence-electron chi connectivity index (χ3n) is 3.59. The molecule has 0 unspecified atom stereocenters. The van der Waals surface area contributed by atoms with Crippen molar-refractivity contribution in [2.75, 3.05) is 58.6 Å². The lowest BCUT2D eigenvalue weighted by molar-refractivity contribution is 0.0410. The number of thioether (sulfide) groups is 1. The minimum atomic E-state index is 0.118. The van der Waals surface area contributed by atoms with Crippen LogP contribution in [0.15, 0.2) is 18.2 Å². The first-order valence-corrected chi connectivity index (χ1v) is 8.53. The number of hydrogen-bond acceptors (Lipinski definition) is 6. The quantitative estimate of drug-likeness (QED) is 0.538. The number of Topliss-reactive ketones (excluding diaryl/α,β-unsaturated/α-hetero) is 1. The number of rotatable bonds is 8. The number of carbonyl (C=O) groups excluding carboxylic acids is 1. The lowest BCUT2D eigenvalue weighted by Crippen LogP contribution is -2.37. The molecule has 2 rings (SSSR count). The zero-order valence-electron chi connectivity index (χ0n) is 13.2. The van der Waals surface area contributed by atoms with Crippen LogP contribution < -0.4 is 9.47 Å². The molecule has 1 aromatic rings. The van der Waals surface area contributed by atoms with Gasteiger partial charge in [-0.25, -0.2) is 0 Å². The average molecular weight is 325 g/mol. The van der Waals surface area contributed by atoms with Crippen molar-refractivity contribution in [2.24, 2.45) is 0 Å². The standard InChI is InChI=1S/C16H23NO4S/c1-19-15-4-3-13(11-16(15)20-2)14(18)12-22-10-7-17-5-8-21-9-6-17/h3-4,11H,5-10,12H2,1-2H3. The molecule has 1 aliphatic rings. The first kappa shape index (κ1) is 17.1. The fraction of sp³-hybridized carbons (Fsp3) is 0.562. The maximum atomic E-state index is 12.2. The second-order valence-corrected chi connectivity index (χ2v) is 6.10. The summed E-state index contributed by atoms with van der Waals surface area (Å²) in [7, 11) is 3.16. The second kappa shape index (κ2) is 9.02. The van der Waals surface area contributed by atoms with Gasteiger partial charge in [0, 0.05) is 31.0 Å². The molecule has 1 aromatic carbocycles. The summed E-state index contributed by atoms with van der Waals surface area (Å²) in [4.78, 5) is 14.6. The molecule has 0 spiro atoms. The van der Waals surface area contributed by atoms with Crippen LogP contribution in [-0.2, 0) is 4.74 Å². The normalized spacial score (nSPS) is 15.5. The fourth-order valence-electron chi connectivity index (χ4n) is 2.28. The summed E-state index contributed by atoms with van der Waals surface area (Å²) in [5, 5.41) is 0.